The van der Waals surface area contributed by atoms with Crippen LogP contribution in [0.3, 0.4) is 0 Å². The van der Waals surface area contributed by atoms with Gasteiger partial charge >= 0.3 is 53.2 Å². The Hall–Kier alpha value is 1.15. The van der Waals surface area contributed by atoms with Gasteiger partial charge in [-0.1, -0.05) is 0 Å². The molecule has 6 heteroatoms. The fourth-order valence-corrected chi connectivity index (χ4v) is 0. The van der Waals surface area contributed by atoms with E-state index in [4.69, 9.17) is 14.8 Å². The molecular weight excluding hydrogens is 119 g/mol. The summed E-state index contributed by atoms with van der Waals surface area (Å²) in [5.41, 5.74) is 0. The molecule has 0 aromatic carbocycles. The van der Waals surface area contributed by atoms with Crippen molar-refractivity contribution in [2.75, 3.05) is 0 Å². The average molecular weight is 125 g/mol. The van der Waals surface area contributed by atoms with Crippen molar-refractivity contribution in [2.45, 2.75) is 0 Å². The van der Waals surface area contributed by atoms with Crippen LogP contribution in [0.15, 0.2) is 0 Å². The standard InChI is InChI=1S/Li.4H2O.Ti.H/h;4*1H2;;/q;;;;;+4;/p-3. The molecule has 0 heterocycles. The molecule has 4 nitrogen and oxygen atoms in total. The quantitative estimate of drug-likeness (QED) is 0.264. The first kappa shape index (κ1) is 10.2. The monoisotopic (exact) mass is 125 g/mol. The minimum atomic E-state index is -5.00. The van der Waals surface area contributed by atoms with Gasteiger partial charge in [0.05, 0.1) is 0 Å². The number of rotatable bonds is 0. The van der Waals surface area contributed by atoms with Crippen LogP contribution in [-0.4, -0.2) is 33.6 Å². The Kier molecular flexibility index (Phi) is 5.43. The first-order valence-corrected chi connectivity index (χ1v) is 3.69. The number of hydrogen-bond donors (Lipinski definition) is 4. The van der Waals surface area contributed by atoms with Crippen LogP contribution in [-0.2, 0) is 18.1 Å². The summed E-state index contributed by atoms with van der Waals surface area (Å²) in [4.78, 5) is 0. The fraction of sp³-hybridized carbons (Fsp3) is 0. The normalized spacial score (nSPS) is 10.0. The van der Waals surface area contributed by atoms with E-state index in [1.54, 1.807) is 0 Å². The van der Waals surface area contributed by atoms with Crippen molar-refractivity contribution in [3.05, 3.63) is 0 Å². The van der Waals surface area contributed by atoms with Gasteiger partial charge in [-0.25, -0.2) is 0 Å². The molecule has 0 amide bonds. The second kappa shape index (κ2) is 3.19. The maximum absolute atomic E-state index is 7.38. The van der Waals surface area contributed by atoms with Crippen molar-refractivity contribution >= 4 is 18.9 Å². The van der Waals surface area contributed by atoms with Gasteiger partial charge in [-0.2, -0.15) is 0 Å². The molecule has 0 saturated heterocycles. The third kappa shape index (κ3) is 66.9. The predicted octanol–water partition coefficient (Wildman–Crippen LogP) is -2.77. The SMILES string of the molecule is [H+].[LiH].[OH][Ti]([OH])([OH])[OH]. The van der Waals surface area contributed by atoms with Gasteiger partial charge < -0.3 is 0 Å². The molecule has 34 valence electrons. The van der Waals surface area contributed by atoms with Gasteiger partial charge in [0.2, 0.25) is 0 Å². The van der Waals surface area contributed by atoms with Gasteiger partial charge in [-0.3, -0.25) is 0 Å². The minimum absolute atomic E-state index is 0. The summed E-state index contributed by atoms with van der Waals surface area (Å²) in [7, 11) is 0. The zero-order chi connectivity index (χ0) is 4.50. The number of hydrogen-bond acceptors (Lipinski definition) is 4. The molecule has 0 aliphatic carbocycles. The zero-order valence-corrected chi connectivity index (χ0v) is 3.85. The molecule has 0 fully saturated rings. The van der Waals surface area contributed by atoms with Crippen molar-refractivity contribution in [3.63, 3.8) is 0 Å². The van der Waals surface area contributed by atoms with Crippen LogP contribution >= 0.6 is 0 Å². The van der Waals surface area contributed by atoms with Crippen LogP contribution in [0.1, 0.15) is 1.43 Å². The molecule has 0 radical (unpaired) electrons. The van der Waals surface area contributed by atoms with Crippen molar-refractivity contribution in [3.8, 4) is 0 Å². The van der Waals surface area contributed by atoms with Crippen molar-refractivity contribution in [1.82, 2.24) is 0 Å². The Bertz CT molecular complexity index is 27.2. The summed E-state index contributed by atoms with van der Waals surface area (Å²) in [6, 6.07) is 0. The molecule has 0 atom stereocenters. The molecule has 0 aliphatic rings. The summed E-state index contributed by atoms with van der Waals surface area (Å²) >= 11 is -5.00. The van der Waals surface area contributed by atoms with E-state index >= 15 is 0 Å². The van der Waals surface area contributed by atoms with Gasteiger partial charge in [0.15, 0.2) is 0 Å². The van der Waals surface area contributed by atoms with Gasteiger partial charge in [-0.05, 0) is 0 Å². The van der Waals surface area contributed by atoms with Crippen LogP contribution in [0.2, 0.25) is 0 Å². The van der Waals surface area contributed by atoms with Crippen LogP contribution in [0, 0.1) is 0 Å². The Morgan fingerprint density at radius 3 is 1.00 bits per heavy atom. The van der Waals surface area contributed by atoms with Crippen LogP contribution in [0.5, 0.6) is 0 Å². The van der Waals surface area contributed by atoms with Crippen LogP contribution < -0.4 is 0 Å². The molecule has 6 heavy (non-hydrogen) atoms. The van der Waals surface area contributed by atoms with Crippen LogP contribution in [0.4, 0.5) is 0 Å². The van der Waals surface area contributed by atoms with E-state index in [1.807, 2.05) is 0 Å². The van der Waals surface area contributed by atoms with Gasteiger partial charge in [0.25, 0.3) is 0 Å². The Morgan fingerprint density at radius 2 is 1.00 bits per heavy atom. The summed E-state index contributed by atoms with van der Waals surface area (Å²) < 4.78 is 29.5. The third-order valence-electron chi connectivity index (χ3n) is 0. The van der Waals surface area contributed by atoms with Crippen LogP contribution in [0.25, 0.3) is 0 Å². The predicted molar refractivity (Wildman–Crippen MR) is 17.1 cm³/mol. The van der Waals surface area contributed by atoms with Crippen molar-refractivity contribution < 1.29 is 34.3 Å². The molecule has 0 rings (SSSR count). The molecule has 0 unspecified atom stereocenters. The van der Waals surface area contributed by atoms with E-state index < -0.39 is 18.1 Å². The Morgan fingerprint density at radius 1 is 1.00 bits per heavy atom. The second-order valence-electron chi connectivity index (χ2n) is 0.600. The van der Waals surface area contributed by atoms with E-state index in [-0.39, 0.29) is 20.3 Å². The zero-order valence-electron chi connectivity index (χ0n) is 3.29. The molecule has 0 bridgehead atoms. The summed E-state index contributed by atoms with van der Waals surface area (Å²) in [5, 5.41) is 0. The van der Waals surface area contributed by atoms with Gasteiger partial charge in [0, 0.05) is 0 Å². The second-order valence-corrected chi connectivity index (χ2v) is 2.47. The van der Waals surface area contributed by atoms with E-state index in [2.05, 4.69) is 0 Å². The maximum atomic E-state index is 7.38. The van der Waals surface area contributed by atoms with Gasteiger partial charge in [0.1, 0.15) is 0 Å². The summed E-state index contributed by atoms with van der Waals surface area (Å²) in [6.45, 7) is 0. The first-order valence-electron chi connectivity index (χ1n) is 0.894. The fourth-order valence-electron chi connectivity index (χ4n) is 0. The Labute approximate surface area is 53.4 Å². The molecular formula is H6LiO4Ti+. The molecule has 0 aliphatic heterocycles. The average Bonchev–Trinajstić information content (AvgIpc) is 0.722. The van der Waals surface area contributed by atoms with E-state index in [9.17, 15) is 0 Å². The molecule has 0 aromatic rings. The van der Waals surface area contributed by atoms with E-state index in [0.717, 1.165) is 0 Å². The first-order chi connectivity index (χ1) is 2.00. The molecule has 0 spiro atoms. The molecule has 4 N–H and O–H groups in total. The summed E-state index contributed by atoms with van der Waals surface area (Å²) in [6.07, 6.45) is 0. The van der Waals surface area contributed by atoms with E-state index in [1.165, 1.54) is 0 Å². The van der Waals surface area contributed by atoms with Gasteiger partial charge in [-0.15, -0.1) is 0 Å². The van der Waals surface area contributed by atoms with Crippen molar-refractivity contribution in [1.29, 1.82) is 0 Å². The molecule has 0 aromatic heterocycles. The third-order valence-corrected chi connectivity index (χ3v) is 0. The molecule has 0 saturated carbocycles. The topological polar surface area (TPSA) is 80.9 Å². The van der Waals surface area contributed by atoms with Crippen molar-refractivity contribution in [2.24, 2.45) is 0 Å². The Balaban J connectivity index is -0.0000000800. The van der Waals surface area contributed by atoms with E-state index in [0.29, 0.717) is 0 Å². The summed E-state index contributed by atoms with van der Waals surface area (Å²) in [5.74, 6) is 0.